The van der Waals surface area contributed by atoms with Crippen molar-refractivity contribution in [1.29, 1.82) is 0 Å². The first-order chi connectivity index (χ1) is 7.11. The molecule has 0 bridgehead atoms. The van der Waals surface area contributed by atoms with Gasteiger partial charge in [-0.25, -0.2) is 9.59 Å². The molecule has 6 heteroatoms. The topological polar surface area (TPSA) is 78.4 Å². The van der Waals surface area contributed by atoms with Gasteiger partial charge in [-0.15, -0.1) is 12.3 Å². The fourth-order valence-electron chi connectivity index (χ4n) is 0.794. The Kier molecular flexibility index (Phi) is 7.28. The van der Waals surface area contributed by atoms with Crippen LogP contribution in [-0.4, -0.2) is 41.7 Å². The number of amides is 2. The van der Waals surface area contributed by atoms with Crippen molar-refractivity contribution >= 4 is 23.8 Å². The molecule has 0 aliphatic rings. The average Bonchev–Trinajstić information content (AvgIpc) is 2.17. The van der Waals surface area contributed by atoms with Gasteiger partial charge < -0.3 is 15.7 Å². The highest BCUT2D eigenvalue weighted by atomic mass is 32.2. The number of hydrogen-bond acceptors (Lipinski definition) is 3. The number of thioether (sulfide) groups is 1. The summed E-state index contributed by atoms with van der Waals surface area (Å²) in [4.78, 5) is 21.8. The minimum absolute atomic E-state index is 0.0225. The monoisotopic (exact) mass is 230 g/mol. The predicted molar refractivity (Wildman–Crippen MR) is 59.8 cm³/mol. The van der Waals surface area contributed by atoms with Gasteiger partial charge in [-0.05, 0) is 6.26 Å². The molecular formula is C9H14N2O3S. The summed E-state index contributed by atoms with van der Waals surface area (Å²) in [7, 11) is 0. The smallest absolute Gasteiger partial charge is 0.327 e. The van der Waals surface area contributed by atoms with Crippen LogP contribution >= 0.6 is 11.8 Å². The minimum Gasteiger partial charge on any atom is -0.480 e. The predicted octanol–water partition coefficient (Wildman–Crippen LogP) is 0.125. The van der Waals surface area contributed by atoms with Crippen LogP contribution in [-0.2, 0) is 4.79 Å². The zero-order valence-electron chi connectivity index (χ0n) is 8.45. The SMILES string of the molecule is C#CCC(NC(=O)NCCSC)C(=O)O. The van der Waals surface area contributed by atoms with Gasteiger partial charge >= 0.3 is 12.0 Å². The Balaban J connectivity index is 3.90. The Morgan fingerprint density at radius 3 is 2.73 bits per heavy atom. The van der Waals surface area contributed by atoms with Crippen LogP contribution in [0.1, 0.15) is 6.42 Å². The molecule has 0 aromatic heterocycles. The number of aliphatic carboxylic acids is 1. The molecule has 0 saturated heterocycles. The van der Waals surface area contributed by atoms with Crippen LogP contribution in [0.25, 0.3) is 0 Å². The minimum atomic E-state index is -1.13. The molecule has 0 heterocycles. The van der Waals surface area contributed by atoms with E-state index in [4.69, 9.17) is 11.5 Å². The number of carboxylic acid groups (broad SMARTS) is 1. The van der Waals surface area contributed by atoms with Crippen LogP contribution in [0.4, 0.5) is 4.79 Å². The summed E-state index contributed by atoms with van der Waals surface area (Å²) in [6.07, 6.45) is 6.87. The summed E-state index contributed by atoms with van der Waals surface area (Å²) in [6, 6.07) is -1.53. The standard InChI is InChI=1S/C9H14N2O3S/c1-3-4-7(8(12)13)11-9(14)10-5-6-15-2/h1,7H,4-6H2,2H3,(H,12,13)(H2,10,11,14). The van der Waals surface area contributed by atoms with Crippen molar-refractivity contribution in [2.45, 2.75) is 12.5 Å². The second kappa shape index (κ2) is 8.00. The Bertz CT molecular complexity index is 263. The molecular weight excluding hydrogens is 216 g/mol. The quantitative estimate of drug-likeness (QED) is 0.447. The molecule has 0 saturated carbocycles. The van der Waals surface area contributed by atoms with Gasteiger partial charge in [-0.1, -0.05) is 0 Å². The maximum absolute atomic E-state index is 11.1. The lowest BCUT2D eigenvalue weighted by Gasteiger charge is -2.12. The van der Waals surface area contributed by atoms with Crippen molar-refractivity contribution < 1.29 is 14.7 Å². The number of urea groups is 1. The van der Waals surface area contributed by atoms with Crippen LogP contribution in [0.15, 0.2) is 0 Å². The zero-order chi connectivity index (χ0) is 11.7. The van der Waals surface area contributed by atoms with Gasteiger partial charge in [0.2, 0.25) is 0 Å². The lowest BCUT2D eigenvalue weighted by atomic mass is 10.2. The molecule has 0 radical (unpaired) electrons. The van der Waals surface area contributed by atoms with E-state index < -0.39 is 18.0 Å². The third-order valence-electron chi connectivity index (χ3n) is 1.52. The lowest BCUT2D eigenvalue weighted by Crippen LogP contribution is -2.46. The molecule has 1 atom stereocenters. The Labute approximate surface area is 93.0 Å². The van der Waals surface area contributed by atoms with Crippen molar-refractivity contribution in [2.24, 2.45) is 0 Å². The maximum Gasteiger partial charge on any atom is 0.327 e. The molecule has 0 aliphatic heterocycles. The first-order valence-electron chi connectivity index (χ1n) is 4.31. The van der Waals surface area contributed by atoms with Gasteiger partial charge in [-0.3, -0.25) is 0 Å². The average molecular weight is 230 g/mol. The number of hydrogen-bond donors (Lipinski definition) is 3. The number of nitrogens with one attached hydrogen (secondary N) is 2. The summed E-state index contributed by atoms with van der Waals surface area (Å²) in [6.45, 7) is 0.495. The van der Waals surface area contributed by atoms with Crippen LogP contribution in [0.3, 0.4) is 0 Å². The van der Waals surface area contributed by atoms with Crippen molar-refractivity contribution in [3.63, 3.8) is 0 Å². The highest BCUT2D eigenvalue weighted by Crippen LogP contribution is 1.91. The Morgan fingerprint density at radius 2 is 2.27 bits per heavy atom. The number of terminal acetylenes is 1. The summed E-state index contributed by atoms with van der Waals surface area (Å²) in [5.41, 5.74) is 0. The Hall–Kier alpha value is -1.35. The zero-order valence-corrected chi connectivity index (χ0v) is 9.26. The molecule has 5 nitrogen and oxygen atoms in total. The van der Waals surface area contributed by atoms with Crippen molar-refractivity contribution in [2.75, 3.05) is 18.6 Å². The highest BCUT2D eigenvalue weighted by molar-refractivity contribution is 7.98. The van der Waals surface area contributed by atoms with E-state index in [-0.39, 0.29) is 6.42 Å². The van der Waals surface area contributed by atoms with E-state index in [0.717, 1.165) is 5.75 Å². The van der Waals surface area contributed by atoms with E-state index in [2.05, 4.69) is 16.6 Å². The normalized spacial score (nSPS) is 11.2. The van der Waals surface area contributed by atoms with E-state index in [0.29, 0.717) is 6.54 Å². The summed E-state index contributed by atoms with van der Waals surface area (Å²) in [5.74, 6) is 1.84. The molecule has 0 spiro atoms. The summed E-state index contributed by atoms with van der Waals surface area (Å²) >= 11 is 1.59. The number of carbonyl (C=O) groups is 2. The van der Waals surface area contributed by atoms with Gasteiger partial charge in [-0.2, -0.15) is 11.8 Å². The fourth-order valence-corrected chi connectivity index (χ4v) is 1.10. The molecule has 3 N–H and O–H groups in total. The molecule has 15 heavy (non-hydrogen) atoms. The van der Waals surface area contributed by atoms with E-state index in [1.54, 1.807) is 11.8 Å². The fraction of sp³-hybridized carbons (Fsp3) is 0.556. The molecule has 0 rings (SSSR count). The third kappa shape index (κ3) is 6.69. The molecule has 84 valence electrons. The third-order valence-corrected chi connectivity index (χ3v) is 2.13. The van der Waals surface area contributed by atoms with Crippen LogP contribution in [0.2, 0.25) is 0 Å². The van der Waals surface area contributed by atoms with Crippen molar-refractivity contribution in [3.05, 3.63) is 0 Å². The van der Waals surface area contributed by atoms with Gasteiger partial charge in [0.25, 0.3) is 0 Å². The largest absolute Gasteiger partial charge is 0.480 e. The van der Waals surface area contributed by atoms with E-state index >= 15 is 0 Å². The molecule has 0 aromatic carbocycles. The van der Waals surface area contributed by atoms with Crippen LogP contribution < -0.4 is 10.6 Å². The molecule has 0 aromatic rings. The molecule has 1 unspecified atom stereocenters. The molecule has 0 fully saturated rings. The second-order valence-electron chi connectivity index (χ2n) is 2.69. The number of rotatable bonds is 6. The summed E-state index contributed by atoms with van der Waals surface area (Å²) in [5, 5.41) is 13.5. The van der Waals surface area contributed by atoms with E-state index in [9.17, 15) is 9.59 Å². The van der Waals surface area contributed by atoms with Crippen molar-refractivity contribution in [1.82, 2.24) is 10.6 Å². The van der Waals surface area contributed by atoms with Crippen LogP contribution in [0.5, 0.6) is 0 Å². The van der Waals surface area contributed by atoms with Gasteiger partial charge in [0.05, 0.1) is 0 Å². The molecule has 0 aliphatic carbocycles. The number of carboxylic acids is 1. The van der Waals surface area contributed by atoms with Crippen LogP contribution in [0, 0.1) is 12.3 Å². The van der Waals surface area contributed by atoms with E-state index in [1.807, 2.05) is 6.26 Å². The first-order valence-corrected chi connectivity index (χ1v) is 5.70. The van der Waals surface area contributed by atoms with Gasteiger partial charge in [0.15, 0.2) is 0 Å². The highest BCUT2D eigenvalue weighted by Gasteiger charge is 2.17. The Morgan fingerprint density at radius 1 is 1.60 bits per heavy atom. The first kappa shape index (κ1) is 13.7. The van der Waals surface area contributed by atoms with Gasteiger partial charge in [0.1, 0.15) is 6.04 Å². The lowest BCUT2D eigenvalue weighted by molar-refractivity contribution is -0.139. The second-order valence-corrected chi connectivity index (χ2v) is 3.68. The summed E-state index contributed by atoms with van der Waals surface area (Å²) < 4.78 is 0. The van der Waals surface area contributed by atoms with E-state index in [1.165, 1.54) is 0 Å². The van der Waals surface area contributed by atoms with Gasteiger partial charge in [0, 0.05) is 18.7 Å². The molecule has 2 amide bonds. The number of carbonyl (C=O) groups excluding carboxylic acids is 1. The maximum atomic E-state index is 11.1. The van der Waals surface area contributed by atoms with Crippen molar-refractivity contribution in [3.8, 4) is 12.3 Å².